The maximum absolute atomic E-state index is 14.4. The molecule has 3 aromatic carbocycles. The summed E-state index contributed by atoms with van der Waals surface area (Å²) in [6.45, 7) is 0.663. The highest BCUT2D eigenvalue weighted by molar-refractivity contribution is 7.07. The number of carbonyl (C=O) groups is 4. The topological polar surface area (TPSA) is 188 Å². The molecular weight excluding hydrogens is 739 g/mol. The van der Waals surface area contributed by atoms with Crippen LogP contribution in [-0.2, 0) is 40.3 Å². The van der Waals surface area contributed by atoms with Crippen molar-refractivity contribution in [3.63, 3.8) is 0 Å². The maximum Gasteiger partial charge on any atom is 0.253 e. The van der Waals surface area contributed by atoms with Gasteiger partial charge in [0.25, 0.3) is 5.91 Å². The van der Waals surface area contributed by atoms with Gasteiger partial charge in [0.1, 0.15) is 12.1 Å². The third kappa shape index (κ3) is 12.0. The summed E-state index contributed by atoms with van der Waals surface area (Å²) in [5.74, 6) is -1.64. The molecule has 4 unspecified atom stereocenters. The molecule has 1 saturated carbocycles. The quantitative estimate of drug-likeness (QED) is 0.0735. The normalized spacial score (nSPS) is 15.2. The zero-order valence-electron chi connectivity index (χ0n) is 31.9. The lowest BCUT2D eigenvalue weighted by molar-refractivity contribution is -0.131. The van der Waals surface area contributed by atoms with Crippen molar-refractivity contribution in [3.05, 3.63) is 130 Å². The van der Waals surface area contributed by atoms with Gasteiger partial charge in [0.15, 0.2) is 0 Å². The molecule has 12 nitrogen and oxygen atoms in total. The SMILES string of the molecule is NCc1cccc(CNC(=O)CC(O)C(CC2CCCCC2)NC(=O)C(Cc2cscn2)NC(=O)C(Cc2cccc3ccccc23)NC(=O)c2cccnc2)c1. The fraction of sp³-hybridized carbons (Fsp3) is 0.364. The van der Waals surface area contributed by atoms with Crippen LogP contribution in [0.25, 0.3) is 10.8 Å². The van der Waals surface area contributed by atoms with Crippen molar-refractivity contribution in [1.29, 1.82) is 0 Å². The number of aliphatic hydroxyl groups is 1. The second-order valence-corrected chi connectivity index (χ2v) is 15.5. The molecule has 4 atom stereocenters. The number of hydrogen-bond donors (Lipinski definition) is 6. The summed E-state index contributed by atoms with van der Waals surface area (Å²) >= 11 is 1.37. The van der Waals surface area contributed by atoms with Crippen LogP contribution in [0.1, 0.15) is 77.7 Å². The number of nitrogens with two attached hydrogens (primary N) is 1. The van der Waals surface area contributed by atoms with Crippen molar-refractivity contribution in [2.75, 3.05) is 0 Å². The molecule has 1 aliphatic rings. The molecule has 6 rings (SSSR count). The molecule has 1 fully saturated rings. The number of nitrogens with one attached hydrogen (secondary N) is 4. The number of hydrogen-bond acceptors (Lipinski definition) is 9. The lowest BCUT2D eigenvalue weighted by Crippen LogP contribution is -2.57. The van der Waals surface area contributed by atoms with Gasteiger partial charge in [-0.3, -0.25) is 24.2 Å². The number of fused-ring (bicyclic) bond motifs is 1. The number of carbonyl (C=O) groups excluding carboxylic acids is 4. The molecule has 2 heterocycles. The van der Waals surface area contributed by atoms with Crippen molar-refractivity contribution in [2.24, 2.45) is 11.7 Å². The van der Waals surface area contributed by atoms with Crippen LogP contribution >= 0.6 is 11.3 Å². The first-order valence-electron chi connectivity index (χ1n) is 19.6. The smallest absolute Gasteiger partial charge is 0.253 e. The Morgan fingerprint density at radius 2 is 1.60 bits per heavy atom. The van der Waals surface area contributed by atoms with Crippen LogP contribution in [-0.4, -0.2) is 62.9 Å². The third-order valence-electron chi connectivity index (χ3n) is 10.6. The average molecular weight is 790 g/mol. The van der Waals surface area contributed by atoms with Gasteiger partial charge in [0.2, 0.25) is 17.7 Å². The zero-order valence-corrected chi connectivity index (χ0v) is 32.8. The molecule has 7 N–H and O–H groups in total. The summed E-state index contributed by atoms with van der Waals surface area (Å²) in [5, 5.41) is 27.1. The van der Waals surface area contributed by atoms with Crippen molar-refractivity contribution < 1.29 is 24.3 Å². The largest absolute Gasteiger partial charge is 0.390 e. The predicted molar refractivity (Wildman–Crippen MR) is 221 cm³/mol. The van der Waals surface area contributed by atoms with E-state index in [9.17, 15) is 24.3 Å². The van der Waals surface area contributed by atoms with Gasteiger partial charge in [-0.05, 0) is 51.9 Å². The Balaban J connectivity index is 1.21. The number of aromatic nitrogens is 2. The molecule has 0 spiro atoms. The van der Waals surface area contributed by atoms with Crippen LogP contribution in [0, 0.1) is 5.92 Å². The molecule has 4 amide bonds. The Morgan fingerprint density at radius 3 is 2.37 bits per heavy atom. The summed E-state index contributed by atoms with van der Waals surface area (Å²) in [6, 6.07) is 21.6. The fourth-order valence-electron chi connectivity index (χ4n) is 7.52. The number of nitrogens with zero attached hydrogens (tertiary/aromatic N) is 2. The van der Waals surface area contributed by atoms with Crippen molar-refractivity contribution in [3.8, 4) is 0 Å². The number of benzene rings is 3. The summed E-state index contributed by atoms with van der Waals surface area (Å²) in [4.78, 5) is 63.7. The lowest BCUT2D eigenvalue weighted by Gasteiger charge is -2.31. The number of thiazole rings is 1. The minimum absolute atomic E-state index is 0.0766. The van der Waals surface area contributed by atoms with E-state index in [0.29, 0.717) is 18.7 Å². The van der Waals surface area contributed by atoms with E-state index in [1.807, 2.05) is 72.1 Å². The van der Waals surface area contributed by atoms with Crippen molar-refractivity contribution in [2.45, 2.75) is 95.1 Å². The Hall–Kier alpha value is -5.50. The Labute approximate surface area is 337 Å². The predicted octanol–water partition coefficient (Wildman–Crippen LogP) is 4.74. The van der Waals surface area contributed by atoms with Crippen LogP contribution in [0.4, 0.5) is 0 Å². The molecule has 13 heteroatoms. The van der Waals surface area contributed by atoms with Gasteiger partial charge in [0.05, 0.1) is 35.3 Å². The minimum Gasteiger partial charge on any atom is -0.390 e. The lowest BCUT2D eigenvalue weighted by atomic mass is 9.83. The molecular formula is C44H51N7O5S. The molecule has 2 aromatic heterocycles. The van der Waals surface area contributed by atoms with E-state index < -0.39 is 42.0 Å². The van der Waals surface area contributed by atoms with Gasteiger partial charge in [-0.1, -0.05) is 98.8 Å². The number of aliphatic hydroxyl groups excluding tert-OH is 1. The van der Waals surface area contributed by atoms with Gasteiger partial charge in [-0.25, -0.2) is 4.98 Å². The second kappa shape index (κ2) is 20.6. The van der Waals surface area contributed by atoms with Crippen LogP contribution < -0.4 is 27.0 Å². The van der Waals surface area contributed by atoms with E-state index in [4.69, 9.17) is 5.73 Å². The maximum atomic E-state index is 14.4. The molecule has 0 bridgehead atoms. The first kappa shape index (κ1) is 41.1. The second-order valence-electron chi connectivity index (χ2n) is 14.8. The summed E-state index contributed by atoms with van der Waals surface area (Å²) in [7, 11) is 0. The molecule has 0 aliphatic heterocycles. The Bertz CT molecular complexity index is 2090. The minimum atomic E-state index is -1.18. The van der Waals surface area contributed by atoms with Crippen molar-refractivity contribution in [1.82, 2.24) is 31.2 Å². The van der Waals surface area contributed by atoms with E-state index >= 15 is 0 Å². The summed E-state index contributed by atoms with van der Waals surface area (Å²) in [5.41, 5.74) is 11.0. The zero-order chi connectivity index (χ0) is 40.0. The molecule has 57 heavy (non-hydrogen) atoms. The van der Waals surface area contributed by atoms with Gasteiger partial charge in [-0.15, -0.1) is 11.3 Å². The van der Waals surface area contributed by atoms with Gasteiger partial charge in [0, 0.05) is 43.7 Å². The first-order valence-corrected chi connectivity index (χ1v) is 20.6. The van der Waals surface area contributed by atoms with E-state index in [1.54, 1.807) is 23.8 Å². The van der Waals surface area contributed by atoms with E-state index in [-0.39, 0.29) is 43.2 Å². The van der Waals surface area contributed by atoms with Crippen LogP contribution in [0.3, 0.4) is 0 Å². The Morgan fingerprint density at radius 1 is 0.842 bits per heavy atom. The molecule has 0 saturated heterocycles. The number of amides is 4. The molecule has 5 aromatic rings. The molecule has 1 aliphatic carbocycles. The highest BCUT2D eigenvalue weighted by Crippen LogP contribution is 2.29. The summed E-state index contributed by atoms with van der Waals surface area (Å²) in [6.07, 6.45) is 7.51. The van der Waals surface area contributed by atoms with Gasteiger partial charge >= 0.3 is 0 Å². The average Bonchev–Trinajstić information content (AvgIpc) is 3.76. The summed E-state index contributed by atoms with van der Waals surface area (Å²) < 4.78 is 0. The number of pyridine rings is 1. The van der Waals surface area contributed by atoms with E-state index in [2.05, 4.69) is 31.2 Å². The Kier molecular flexibility index (Phi) is 14.9. The van der Waals surface area contributed by atoms with Crippen LogP contribution in [0.5, 0.6) is 0 Å². The fourth-order valence-corrected chi connectivity index (χ4v) is 8.09. The molecule has 298 valence electrons. The standard InChI is InChI=1S/C44H51N7O5S/c45-24-30-11-6-12-31(19-30)25-47-41(53)23-40(52)37(20-29-9-2-1-3-10-29)49-44(56)39(22-35-27-57-28-48-35)51-43(55)38(50-42(54)34-16-8-18-46-26-34)21-33-15-7-14-32-13-4-5-17-36(32)33/h4-8,11-19,26-29,37-40,52H,1-3,9-10,20-25,45H2,(H,47,53)(H,49,56)(H,50,54)(H,51,55). The van der Waals surface area contributed by atoms with E-state index in [1.165, 1.54) is 17.5 Å². The highest BCUT2D eigenvalue weighted by atomic mass is 32.1. The van der Waals surface area contributed by atoms with Gasteiger partial charge in [-0.2, -0.15) is 0 Å². The molecule has 0 radical (unpaired) electrons. The van der Waals surface area contributed by atoms with Gasteiger partial charge < -0.3 is 32.1 Å². The highest BCUT2D eigenvalue weighted by Gasteiger charge is 2.33. The van der Waals surface area contributed by atoms with E-state index in [0.717, 1.165) is 59.6 Å². The van der Waals surface area contributed by atoms with Crippen LogP contribution in [0.15, 0.2) is 102 Å². The third-order valence-corrected chi connectivity index (χ3v) is 11.2. The van der Waals surface area contributed by atoms with Crippen LogP contribution in [0.2, 0.25) is 0 Å². The monoisotopic (exact) mass is 789 g/mol. The van der Waals surface area contributed by atoms with Crippen molar-refractivity contribution >= 4 is 45.7 Å². The number of rotatable bonds is 18. The first-order chi connectivity index (χ1) is 27.7.